The van der Waals surface area contributed by atoms with Crippen molar-refractivity contribution in [2.75, 3.05) is 49.0 Å². The van der Waals surface area contributed by atoms with Gasteiger partial charge in [0.25, 0.3) is 0 Å². The van der Waals surface area contributed by atoms with Crippen molar-refractivity contribution in [3.63, 3.8) is 0 Å². The molecule has 0 aliphatic carbocycles. The zero-order valence-corrected chi connectivity index (χ0v) is 12.7. The zero-order valence-electron chi connectivity index (χ0n) is 11.9. The standard InChI is InChI=1S/C13H20N4O3S/c1-21(19,20)16-12-5-3-2-4-11(12)15-13(18)10-17-8-6-14-7-9-17/h2-5,14,16H,6-10H2,1H3,(H,15,18). The highest BCUT2D eigenvalue weighted by molar-refractivity contribution is 7.92. The molecule has 21 heavy (non-hydrogen) atoms. The average molecular weight is 312 g/mol. The Balaban J connectivity index is 2.00. The molecule has 0 saturated carbocycles. The molecule has 1 aromatic carbocycles. The third kappa shape index (κ3) is 5.33. The van der Waals surface area contributed by atoms with Crippen molar-refractivity contribution < 1.29 is 13.2 Å². The van der Waals surface area contributed by atoms with E-state index in [1.807, 2.05) is 0 Å². The normalized spacial score (nSPS) is 16.4. The topological polar surface area (TPSA) is 90.5 Å². The highest BCUT2D eigenvalue weighted by Gasteiger charge is 2.15. The van der Waals surface area contributed by atoms with Crippen molar-refractivity contribution in [1.82, 2.24) is 10.2 Å². The lowest BCUT2D eigenvalue weighted by Crippen LogP contribution is -2.46. The van der Waals surface area contributed by atoms with Gasteiger partial charge in [0, 0.05) is 26.2 Å². The SMILES string of the molecule is CS(=O)(=O)Nc1ccccc1NC(=O)CN1CCNCC1. The Morgan fingerprint density at radius 2 is 1.86 bits per heavy atom. The van der Waals surface area contributed by atoms with Crippen LogP contribution in [-0.4, -0.2) is 58.2 Å². The molecule has 0 radical (unpaired) electrons. The average Bonchev–Trinajstić information content (AvgIpc) is 2.40. The molecule has 3 N–H and O–H groups in total. The predicted octanol–water partition coefficient (Wildman–Crippen LogP) is -0.0982. The maximum atomic E-state index is 12.0. The van der Waals surface area contributed by atoms with Crippen LogP contribution in [0.2, 0.25) is 0 Å². The maximum absolute atomic E-state index is 12.0. The molecule has 0 bridgehead atoms. The number of rotatable bonds is 5. The van der Waals surface area contributed by atoms with E-state index in [1.165, 1.54) is 0 Å². The summed E-state index contributed by atoms with van der Waals surface area (Å²) in [6.07, 6.45) is 1.08. The molecule has 8 heteroatoms. The third-order valence-electron chi connectivity index (χ3n) is 3.07. The van der Waals surface area contributed by atoms with Crippen LogP contribution in [0.4, 0.5) is 11.4 Å². The van der Waals surface area contributed by atoms with Crippen molar-refractivity contribution in [3.05, 3.63) is 24.3 Å². The van der Waals surface area contributed by atoms with Gasteiger partial charge in [-0.2, -0.15) is 0 Å². The lowest BCUT2D eigenvalue weighted by Gasteiger charge is -2.26. The predicted molar refractivity (Wildman–Crippen MR) is 82.8 cm³/mol. The smallest absolute Gasteiger partial charge is 0.238 e. The molecule has 0 atom stereocenters. The van der Waals surface area contributed by atoms with Crippen molar-refractivity contribution in [1.29, 1.82) is 0 Å². The molecule has 0 unspecified atom stereocenters. The first-order valence-corrected chi connectivity index (χ1v) is 8.63. The zero-order chi connectivity index (χ0) is 15.3. The molecular weight excluding hydrogens is 292 g/mol. The summed E-state index contributed by atoms with van der Waals surface area (Å²) in [5, 5.41) is 5.97. The first-order valence-electron chi connectivity index (χ1n) is 6.74. The second-order valence-electron chi connectivity index (χ2n) is 4.99. The Labute approximate surface area is 124 Å². The largest absolute Gasteiger partial charge is 0.323 e. The molecule has 1 amide bonds. The van der Waals surface area contributed by atoms with Gasteiger partial charge in [0.15, 0.2) is 0 Å². The number of para-hydroxylation sites is 2. The van der Waals surface area contributed by atoms with E-state index < -0.39 is 10.0 Å². The number of carbonyl (C=O) groups excluding carboxylic acids is 1. The van der Waals surface area contributed by atoms with Crippen molar-refractivity contribution in [3.8, 4) is 0 Å². The van der Waals surface area contributed by atoms with Gasteiger partial charge in [-0.25, -0.2) is 8.42 Å². The monoisotopic (exact) mass is 312 g/mol. The fourth-order valence-electron chi connectivity index (χ4n) is 2.14. The summed E-state index contributed by atoms with van der Waals surface area (Å²) in [6, 6.07) is 6.73. The summed E-state index contributed by atoms with van der Waals surface area (Å²) in [5.41, 5.74) is 0.830. The van der Waals surface area contributed by atoms with E-state index in [1.54, 1.807) is 24.3 Å². The van der Waals surface area contributed by atoms with Crippen LogP contribution < -0.4 is 15.4 Å². The van der Waals surface area contributed by atoms with E-state index in [-0.39, 0.29) is 5.91 Å². The maximum Gasteiger partial charge on any atom is 0.238 e. The van der Waals surface area contributed by atoms with E-state index >= 15 is 0 Å². The van der Waals surface area contributed by atoms with Gasteiger partial charge in [-0.05, 0) is 12.1 Å². The second kappa shape index (κ2) is 6.88. The molecule has 1 saturated heterocycles. The summed E-state index contributed by atoms with van der Waals surface area (Å²) >= 11 is 0. The second-order valence-corrected chi connectivity index (χ2v) is 6.74. The number of hydrogen-bond donors (Lipinski definition) is 3. The molecule has 0 spiro atoms. The Hall–Kier alpha value is -1.64. The molecule has 116 valence electrons. The van der Waals surface area contributed by atoms with Crippen LogP contribution in [0.1, 0.15) is 0 Å². The molecule has 7 nitrogen and oxygen atoms in total. The number of amides is 1. The lowest BCUT2D eigenvalue weighted by atomic mass is 10.2. The highest BCUT2D eigenvalue weighted by atomic mass is 32.2. The number of benzene rings is 1. The Bertz CT molecular complexity index is 597. The number of carbonyl (C=O) groups is 1. The molecule has 2 rings (SSSR count). The molecule has 0 aromatic heterocycles. The van der Waals surface area contributed by atoms with Crippen LogP contribution in [0, 0.1) is 0 Å². The van der Waals surface area contributed by atoms with Crippen molar-refractivity contribution in [2.24, 2.45) is 0 Å². The number of hydrogen-bond acceptors (Lipinski definition) is 5. The van der Waals surface area contributed by atoms with E-state index in [9.17, 15) is 13.2 Å². The number of anilines is 2. The van der Waals surface area contributed by atoms with Crippen molar-refractivity contribution >= 4 is 27.3 Å². The first-order chi connectivity index (χ1) is 9.94. The highest BCUT2D eigenvalue weighted by Crippen LogP contribution is 2.21. The number of nitrogens with zero attached hydrogens (tertiary/aromatic N) is 1. The minimum atomic E-state index is -3.38. The Kier molecular flexibility index (Phi) is 5.16. The van der Waals surface area contributed by atoms with E-state index in [0.717, 1.165) is 32.4 Å². The molecule has 1 aliphatic heterocycles. The quantitative estimate of drug-likeness (QED) is 0.706. The van der Waals surface area contributed by atoms with Gasteiger partial charge in [0.2, 0.25) is 15.9 Å². The van der Waals surface area contributed by atoms with Crippen LogP contribution in [-0.2, 0) is 14.8 Å². The number of sulfonamides is 1. The van der Waals surface area contributed by atoms with E-state index in [4.69, 9.17) is 0 Å². The van der Waals surface area contributed by atoms with Crippen molar-refractivity contribution in [2.45, 2.75) is 0 Å². The van der Waals surface area contributed by atoms with Crippen LogP contribution in [0.3, 0.4) is 0 Å². The minimum Gasteiger partial charge on any atom is -0.323 e. The molecule has 1 heterocycles. The van der Waals surface area contributed by atoms with Gasteiger partial charge in [-0.1, -0.05) is 12.1 Å². The number of piperazine rings is 1. The summed E-state index contributed by atoms with van der Waals surface area (Å²) in [5.74, 6) is -0.153. The fourth-order valence-corrected chi connectivity index (χ4v) is 2.72. The Morgan fingerprint density at radius 3 is 2.48 bits per heavy atom. The van der Waals surface area contributed by atoms with Gasteiger partial charge in [0.05, 0.1) is 24.2 Å². The van der Waals surface area contributed by atoms with Gasteiger partial charge in [-0.3, -0.25) is 14.4 Å². The summed E-state index contributed by atoms with van der Waals surface area (Å²) in [4.78, 5) is 14.1. The summed E-state index contributed by atoms with van der Waals surface area (Å²) < 4.78 is 25.0. The summed E-state index contributed by atoms with van der Waals surface area (Å²) in [7, 11) is -3.38. The Morgan fingerprint density at radius 1 is 1.24 bits per heavy atom. The molecule has 1 fully saturated rings. The number of nitrogens with one attached hydrogen (secondary N) is 3. The van der Waals surface area contributed by atoms with Crippen LogP contribution in [0.15, 0.2) is 24.3 Å². The summed E-state index contributed by atoms with van der Waals surface area (Å²) in [6.45, 7) is 3.71. The third-order valence-corrected chi connectivity index (χ3v) is 3.66. The van der Waals surface area contributed by atoms with E-state index in [2.05, 4.69) is 20.3 Å². The molecule has 1 aliphatic rings. The van der Waals surface area contributed by atoms with Crippen LogP contribution in [0.5, 0.6) is 0 Å². The minimum absolute atomic E-state index is 0.153. The fraction of sp³-hybridized carbons (Fsp3) is 0.462. The van der Waals surface area contributed by atoms with Gasteiger partial charge in [0.1, 0.15) is 0 Å². The lowest BCUT2D eigenvalue weighted by molar-refractivity contribution is -0.117. The van der Waals surface area contributed by atoms with Crippen LogP contribution in [0.25, 0.3) is 0 Å². The van der Waals surface area contributed by atoms with Gasteiger partial charge in [-0.15, -0.1) is 0 Å². The first kappa shape index (κ1) is 15.7. The van der Waals surface area contributed by atoms with Gasteiger partial charge < -0.3 is 10.6 Å². The molecule has 1 aromatic rings. The van der Waals surface area contributed by atoms with Gasteiger partial charge >= 0.3 is 0 Å². The molecular formula is C13H20N4O3S. The van der Waals surface area contributed by atoms with Crippen LogP contribution >= 0.6 is 0 Å². The van der Waals surface area contributed by atoms with E-state index in [0.29, 0.717) is 17.9 Å².